The minimum atomic E-state index is -3.15. The molecule has 0 radical (unpaired) electrons. The van der Waals surface area contributed by atoms with Crippen LogP contribution >= 0.6 is 0 Å². The van der Waals surface area contributed by atoms with Gasteiger partial charge in [0.25, 0.3) is 5.91 Å². The van der Waals surface area contributed by atoms with Crippen molar-refractivity contribution in [3.63, 3.8) is 0 Å². The van der Waals surface area contributed by atoms with Crippen LogP contribution in [0.3, 0.4) is 0 Å². The molecule has 7 nitrogen and oxygen atoms in total. The van der Waals surface area contributed by atoms with Gasteiger partial charge in [-0.05, 0) is 37.0 Å². The summed E-state index contributed by atoms with van der Waals surface area (Å²) in [5.74, 6) is -1.17. The Morgan fingerprint density at radius 3 is 2.43 bits per heavy atom. The highest BCUT2D eigenvalue weighted by molar-refractivity contribution is 7.88. The van der Waals surface area contributed by atoms with Crippen LogP contribution in [0.5, 0.6) is 0 Å². The standard InChI is InChI=1S/C15H20N2O5S/c1-23(21,22)17-7-5-11(6-8-17)10-16-14(18)12-3-2-4-13(9-12)15(19)20/h2-4,9,11H,5-8,10H2,1H3,(H,16,18)(H,19,20). The summed E-state index contributed by atoms with van der Waals surface area (Å²) in [4.78, 5) is 23.0. The van der Waals surface area contributed by atoms with Crippen molar-refractivity contribution in [3.8, 4) is 0 Å². The fourth-order valence-corrected chi connectivity index (χ4v) is 3.45. The fourth-order valence-electron chi connectivity index (χ4n) is 2.58. The van der Waals surface area contributed by atoms with Crippen molar-refractivity contribution in [2.45, 2.75) is 12.8 Å². The molecule has 126 valence electrons. The van der Waals surface area contributed by atoms with Gasteiger partial charge in [-0.15, -0.1) is 0 Å². The van der Waals surface area contributed by atoms with Crippen molar-refractivity contribution in [3.05, 3.63) is 35.4 Å². The zero-order valence-electron chi connectivity index (χ0n) is 12.9. The first-order valence-corrected chi connectivity index (χ1v) is 9.19. The number of aromatic carboxylic acids is 1. The molecule has 0 aliphatic carbocycles. The molecule has 0 saturated carbocycles. The van der Waals surface area contributed by atoms with E-state index in [2.05, 4.69) is 5.32 Å². The summed E-state index contributed by atoms with van der Waals surface area (Å²) in [6.07, 6.45) is 2.59. The first-order valence-electron chi connectivity index (χ1n) is 7.34. The van der Waals surface area contributed by atoms with Gasteiger partial charge >= 0.3 is 5.97 Å². The van der Waals surface area contributed by atoms with E-state index in [0.29, 0.717) is 38.0 Å². The third-order valence-electron chi connectivity index (χ3n) is 3.97. The monoisotopic (exact) mass is 340 g/mol. The minimum absolute atomic E-state index is 0.0686. The Labute approximate surface area is 135 Å². The van der Waals surface area contributed by atoms with Gasteiger partial charge in [-0.3, -0.25) is 4.79 Å². The van der Waals surface area contributed by atoms with Crippen molar-refractivity contribution in [2.75, 3.05) is 25.9 Å². The Morgan fingerprint density at radius 2 is 1.87 bits per heavy atom. The highest BCUT2D eigenvalue weighted by atomic mass is 32.2. The molecule has 23 heavy (non-hydrogen) atoms. The van der Waals surface area contributed by atoms with Gasteiger partial charge in [0.15, 0.2) is 0 Å². The van der Waals surface area contributed by atoms with E-state index in [0.717, 1.165) is 0 Å². The largest absolute Gasteiger partial charge is 0.478 e. The maximum absolute atomic E-state index is 12.1. The van der Waals surface area contributed by atoms with E-state index in [1.54, 1.807) is 6.07 Å². The lowest BCUT2D eigenvalue weighted by Crippen LogP contribution is -2.41. The van der Waals surface area contributed by atoms with Crippen LogP contribution in [0.2, 0.25) is 0 Å². The zero-order chi connectivity index (χ0) is 17.0. The number of carboxylic acids is 1. The average Bonchev–Trinajstić information content (AvgIpc) is 2.52. The normalized spacial score (nSPS) is 16.9. The molecule has 0 aromatic heterocycles. The second-order valence-electron chi connectivity index (χ2n) is 5.70. The summed E-state index contributed by atoms with van der Waals surface area (Å²) in [5, 5.41) is 11.7. The summed E-state index contributed by atoms with van der Waals surface area (Å²) in [6.45, 7) is 1.38. The Kier molecular flexibility index (Phi) is 5.38. The number of hydrogen-bond donors (Lipinski definition) is 2. The van der Waals surface area contributed by atoms with E-state index in [9.17, 15) is 18.0 Å². The third kappa shape index (κ3) is 4.77. The molecule has 0 atom stereocenters. The molecule has 1 fully saturated rings. The summed E-state index contributed by atoms with van der Waals surface area (Å²) < 4.78 is 24.3. The third-order valence-corrected chi connectivity index (χ3v) is 5.27. The van der Waals surface area contributed by atoms with Crippen molar-refractivity contribution < 1.29 is 23.1 Å². The van der Waals surface area contributed by atoms with Crippen LogP contribution < -0.4 is 5.32 Å². The van der Waals surface area contributed by atoms with Crippen LogP contribution in [0.4, 0.5) is 0 Å². The van der Waals surface area contributed by atoms with Crippen molar-refractivity contribution in [1.29, 1.82) is 0 Å². The van der Waals surface area contributed by atoms with Gasteiger partial charge in [0.1, 0.15) is 0 Å². The van der Waals surface area contributed by atoms with Crippen LogP contribution in [0.25, 0.3) is 0 Å². The molecule has 2 N–H and O–H groups in total. The Balaban J connectivity index is 1.86. The molecule has 1 heterocycles. The quantitative estimate of drug-likeness (QED) is 0.824. The molecule has 8 heteroatoms. The Morgan fingerprint density at radius 1 is 1.26 bits per heavy atom. The molecule has 1 aliphatic heterocycles. The van der Waals surface area contributed by atoms with E-state index >= 15 is 0 Å². The maximum Gasteiger partial charge on any atom is 0.335 e. The Bertz CT molecular complexity index is 694. The molecule has 0 bridgehead atoms. The van der Waals surface area contributed by atoms with E-state index in [1.165, 1.54) is 28.8 Å². The highest BCUT2D eigenvalue weighted by Crippen LogP contribution is 2.18. The molecule has 1 aromatic carbocycles. The van der Waals surface area contributed by atoms with Crippen molar-refractivity contribution in [2.24, 2.45) is 5.92 Å². The molecule has 2 rings (SSSR count). The smallest absolute Gasteiger partial charge is 0.335 e. The average molecular weight is 340 g/mol. The van der Waals surface area contributed by atoms with Crippen molar-refractivity contribution in [1.82, 2.24) is 9.62 Å². The first kappa shape index (κ1) is 17.4. The lowest BCUT2D eigenvalue weighted by atomic mass is 9.98. The minimum Gasteiger partial charge on any atom is -0.478 e. The van der Waals surface area contributed by atoms with Crippen LogP contribution in [0.1, 0.15) is 33.6 Å². The second kappa shape index (κ2) is 7.10. The molecular formula is C15H20N2O5S. The van der Waals surface area contributed by atoms with E-state index in [-0.39, 0.29) is 17.4 Å². The predicted octanol–water partition coefficient (Wildman–Crippen LogP) is 0.786. The van der Waals surface area contributed by atoms with E-state index < -0.39 is 16.0 Å². The number of hydrogen-bond acceptors (Lipinski definition) is 4. The van der Waals surface area contributed by atoms with Crippen LogP contribution in [0, 0.1) is 5.92 Å². The molecule has 0 spiro atoms. The number of rotatable bonds is 5. The fraction of sp³-hybridized carbons (Fsp3) is 0.467. The second-order valence-corrected chi connectivity index (χ2v) is 7.68. The van der Waals surface area contributed by atoms with Crippen molar-refractivity contribution >= 4 is 21.9 Å². The summed E-state index contributed by atoms with van der Waals surface area (Å²) in [5.41, 5.74) is 0.373. The van der Waals surface area contributed by atoms with Gasteiger partial charge < -0.3 is 10.4 Å². The lowest BCUT2D eigenvalue weighted by Gasteiger charge is -2.30. The Hall–Kier alpha value is -1.93. The number of nitrogens with one attached hydrogen (secondary N) is 1. The topological polar surface area (TPSA) is 104 Å². The van der Waals surface area contributed by atoms with Gasteiger partial charge in [-0.2, -0.15) is 0 Å². The molecule has 1 aliphatic rings. The van der Waals surface area contributed by atoms with Gasteiger partial charge in [0.2, 0.25) is 10.0 Å². The number of piperidine rings is 1. The van der Waals surface area contributed by atoms with Crippen LogP contribution in [-0.2, 0) is 10.0 Å². The van der Waals surface area contributed by atoms with E-state index in [1.807, 2.05) is 0 Å². The SMILES string of the molecule is CS(=O)(=O)N1CCC(CNC(=O)c2cccc(C(=O)O)c2)CC1. The first-order chi connectivity index (χ1) is 10.8. The number of carbonyl (C=O) groups is 2. The van der Waals surface area contributed by atoms with E-state index in [4.69, 9.17) is 5.11 Å². The number of benzene rings is 1. The van der Waals surface area contributed by atoms with Crippen LogP contribution in [0.15, 0.2) is 24.3 Å². The number of carboxylic acid groups (broad SMARTS) is 1. The molecule has 1 saturated heterocycles. The van der Waals surface area contributed by atoms with Crippen LogP contribution in [-0.4, -0.2) is 55.6 Å². The van der Waals surface area contributed by atoms with Gasteiger partial charge in [0, 0.05) is 25.2 Å². The lowest BCUT2D eigenvalue weighted by molar-refractivity contribution is 0.0697. The summed E-state index contributed by atoms with van der Waals surface area (Å²) in [7, 11) is -3.15. The molecule has 0 unspecified atom stereocenters. The predicted molar refractivity (Wildman–Crippen MR) is 84.9 cm³/mol. The van der Waals surface area contributed by atoms with Gasteiger partial charge in [-0.25, -0.2) is 17.5 Å². The van der Waals surface area contributed by atoms with Gasteiger partial charge in [0.05, 0.1) is 11.8 Å². The zero-order valence-corrected chi connectivity index (χ0v) is 13.7. The number of nitrogens with zero attached hydrogens (tertiary/aromatic N) is 1. The van der Waals surface area contributed by atoms with Gasteiger partial charge in [-0.1, -0.05) is 6.07 Å². The molecule has 1 aromatic rings. The summed E-state index contributed by atoms with van der Waals surface area (Å²) in [6, 6.07) is 5.86. The highest BCUT2D eigenvalue weighted by Gasteiger charge is 2.25. The molecular weight excluding hydrogens is 320 g/mol. The number of amides is 1. The molecule has 1 amide bonds. The summed E-state index contributed by atoms with van der Waals surface area (Å²) >= 11 is 0. The maximum atomic E-state index is 12.1. The number of carbonyl (C=O) groups excluding carboxylic acids is 1. The number of sulfonamides is 1.